The average Bonchev–Trinajstić information content (AvgIpc) is 3.32. The second kappa shape index (κ2) is 9.93. The molecule has 1 amide bonds. The minimum Gasteiger partial charge on any atom is -0.488 e. The molecule has 0 saturated heterocycles. The summed E-state index contributed by atoms with van der Waals surface area (Å²) < 4.78 is 8.78. The average molecular weight is 551 g/mol. The zero-order valence-corrected chi connectivity index (χ0v) is 21.0. The third kappa shape index (κ3) is 4.80. The minimum atomic E-state index is -0.573. The lowest BCUT2D eigenvalue weighted by molar-refractivity contribution is -0.113. The molecule has 1 aliphatic heterocycles. The highest BCUT2D eigenvalue weighted by molar-refractivity contribution is 9.10. The van der Waals surface area contributed by atoms with Crippen LogP contribution in [0.25, 0.3) is 0 Å². The SMILES string of the molecule is CC1=C(C(=O)Nc2ccccc2)C(c2cc(Br)ccc2OCc2ccccc2Cl)n2ncnc2N1. The van der Waals surface area contributed by atoms with Gasteiger partial charge in [-0.25, -0.2) is 4.68 Å². The molecule has 1 atom stereocenters. The van der Waals surface area contributed by atoms with Crippen molar-refractivity contribution in [3.05, 3.63) is 111 Å². The maximum Gasteiger partial charge on any atom is 0.255 e. The van der Waals surface area contributed by atoms with E-state index in [2.05, 4.69) is 36.6 Å². The number of halogens is 2. The molecule has 4 aromatic rings. The standard InChI is InChI=1S/C26H21BrClN5O2/c1-16-23(25(34)32-19-8-3-2-4-9-19)24(33-26(31-16)29-15-30-33)20-13-18(27)11-12-22(20)35-14-17-7-5-6-10-21(17)28/h2-13,15,24H,14H2,1H3,(H,32,34)(H,29,30,31). The molecular formula is C26H21BrClN5O2. The van der Waals surface area contributed by atoms with E-state index in [-0.39, 0.29) is 12.5 Å². The van der Waals surface area contributed by atoms with Gasteiger partial charge < -0.3 is 15.4 Å². The highest BCUT2D eigenvalue weighted by Gasteiger charge is 2.35. The first-order chi connectivity index (χ1) is 17.0. The molecule has 0 spiro atoms. The van der Waals surface area contributed by atoms with Gasteiger partial charge in [-0.2, -0.15) is 10.1 Å². The van der Waals surface area contributed by atoms with Gasteiger partial charge in [0.25, 0.3) is 5.91 Å². The van der Waals surface area contributed by atoms with E-state index >= 15 is 0 Å². The fourth-order valence-electron chi connectivity index (χ4n) is 4.03. The Balaban J connectivity index is 1.56. The van der Waals surface area contributed by atoms with Crippen molar-refractivity contribution in [2.24, 2.45) is 0 Å². The second-order valence-electron chi connectivity index (χ2n) is 7.98. The molecule has 5 rings (SSSR count). The first-order valence-electron chi connectivity index (χ1n) is 10.9. The molecule has 1 aliphatic rings. The molecule has 9 heteroatoms. The summed E-state index contributed by atoms with van der Waals surface area (Å²) in [6.07, 6.45) is 1.46. The van der Waals surface area contributed by atoms with Crippen LogP contribution < -0.4 is 15.4 Å². The number of para-hydroxylation sites is 1. The summed E-state index contributed by atoms with van der Waals surface area (Å²) in [6, 6.07) is 22.0. The van der Waals surface area contributed by atoms with Gasteiger partial charge in [-0.15, -0.1) is 0 Å². The zero-order chi connectivity index (χ0) is 24.4. The number of allylic oxidation sites excluding steroid dienone is 1. The number of aromatic nitrogens is 3. The first kappa shape index (κ1) is 23.1. The first-order valence-corrected chi connectivity index (χ1v) is 12.1. The number of nitrogens with one attached hydrogen (secondary N) is 2. The predicted molar refractivity (Wildman–Crippen MR) is 139 cm³/mol. The van der Waals surface area contributed by atoms with E-state index in [9.17, 15) is 4.79 Å². The van der Waals surface area contributed by atoms with E-state index in [1.165, 1.54) is 6.33 Å². The number of nitrogens with zero attached hydrogens (tertiary/aromatic N) is 3. The predicted octanol–water partition coefficient (Wildman–Crippen LogP) is 6.20. The van der Waals surface area contributed by atoms with Gasteiger partial charge in [-0.05, 0) is 43.3 Å². The van der Waals surface area contributed by atoms with Crippen LogP contribution in [0.2, 0.25) is 5.02 Å². The van der Waals surface area contributed by atoms with Crippen LogP contribution in [0, 0.1) is 0 Å². The van der Waals surface area contributed by atoms with Crippen LogP contribution in [-0.2, 0) is 11.4 Å². The van der Waals surface area contributed by atoms with Crippen LogP contribution >= 0.6 is 27.5 Å². The Morgan fingerprint density at radius 3 is 2.71 bits per heavy atom. The molecule has 2 N–H and O–H groups in total. The number of amides is 1. The molecule has 0 aliphatic carbocycles. The fourth-order valence-corrected chi connectivity index (χ4v) is 4.60. The van der Waals surface area contributed by atoms with E-state index in [1.54, 1.807) is 4.68 Å². The summed E-state index contributed by atoms with van der Waals surface area (Å²) in [5, 5.41) is 11.2. The van der Waals surface area contributed by atoms with E-state index in [0.29, 0.717) is 33.7 Å². The highest BCUT2D eigenvalue weighted by Crippen LogP contribution is 2.40. The zero-order valence-electron chi connectivity index (χ0n) is 18.7. The molecule has 35 heavy (non-hydrogen) atoms. The molecule has 7 nitrogen and oxygen atoms in total. The van der Waals surface area contributed by atoms with Crippen LogP contribution in [0.15, 0.2) is 94.9 Å². The smallest absolute Gasteiger partial charge is 0.255 e. The van der Waals surface area contributed by atoms with Crippen LogP contribution in [0.4, 0.5) is 11.6 Å². The minimum absolute atomic E-state index is 0.246. The van der Waals surface area contributed by atoms with E-state index in [1.807, 2.05) is 79.7 Å². The molecule has 1 aromatic heterocycles. The third-order valence-electron chi connectivity index (χ3n) is 5.68. The quantitative estimate of drug-likeness (QED) is 0.299. The number of rotatable bonds is 6. The maximum absolute atomic E-state index is 13.6. The van der Waals surface area contributed by atoms with E-state index < -0.39 is 6.04 Å². The molecule has 1 unspecified atom stereocenters. The van der Waals surface area contributed by atoms with Gasteiger partial charge in [0, 0.05) is 32.0 Å². The lowest BCUT2D eigenvalue weighted by atomic mass is 9.94. The summed E-state index contributed by atoms with van der Waals surface area (Å²) in [6.45, 7) is 2.13. The van der Waals surface area contributed by atoms with Gasteiger partial charge in [0.2, 0.25) is 5.95 Å². The number of hydrogen-bond acceptors (Lipinski definition) is 5. The summed E-state index contributed by atoms with van der Waals surface area (Å²) in [5.41, 5.74) is 3.51. The Labute approximate surface area is 215 Å². The van der Waals surface area contributed by atoms with Gasteiger partial charge in [0.1, 0.15) is 24.7 Å². The van der Waals surface area contributed by atoms with Crippen molar-refractivity contribution in [3.8, 4) is 5.75 Å². The van der Waals surface area contributed by atoms with Gasteiger partial charge in [-0.3, -0.25) is 4.79 Å². The largest absolute Gasteiger partial charge is 0.488 e. The molecular weight excluding hydrogens is 530 g/mol. The van der Waals surface area contributed by atoms with Crippen molar-refractivity contribution < 1.29 is 9.53 Å². The number of carbonyl (C=O) groups excluding carboxylic acids is 1. The van der Waals surface area contributed by atoms with Crippen molar-refractivity contribution in [2.45, 2.75) is 19.6 Å². The Bertz CT molecular complexity index is 1420. The molecule has 2 heterocycles. The van der Waals surface area contributed by atoms with Gasteiger partial charge >= 0.3 is 0 Å². The molecule has 0 saturated carbocycles. The number of anilines is 2. The molecule has 0 fully saturated rings. The van der Waals surface area contributed by atoms with E-state index in [0.717, 1.165) is 15.6 Å². The van der Waals surface area contributed by atoms with Crippen molar-refractivity contribution in [3.63, 3.8) is 0 Å². The van der Waals surface area contributed by atoms with Crippen molar-refractivity contribution >= 4 is 45.1 Å². The molecule has 3 aromatic carbocycles. The Morgan fingerprint density at radius 2 is 1.91 bits per heavy atom. The number of fused-ring (bicyclic) bond motifs is 1. The lowest BCUT2D eigenvalue weighted by Gasteiger charge is -2.30. The normalized spacial score (nSPS) is 14.8. The number of carbonyl (C=O) groups is 1. The fraction of sp³-hybridized carbons (Fsp3) is 0.115. The summed E-state index contributed by atoms with van der Waals surface area (Å²) >= 11 is 9.91. The summed E-state index contributed by atoms with van der Waals surface area (Å²) in [7, 11) is 0. The topological polar surface area (TPSA) is 81.1 Å². The van der Waals surface area contributed by atoms with Gasteiger partial charge in [0.15, 0.2) is 0 Å². The monoisotopic (exact) mass is 549 g/mol. The number of hydrogen-bond donors (Lipinski definition) is 2. The molecule has 0 bridgehead atoms. The lowest BCUT2D eigenvalue weighted by Crippen LogP contribution is -2.31. The summed E-state index contributed by atoms with van der Waals surface area (Å²) in [5.74, 6) is 0.907. The Hall–Kier alpha value is -3.62. The number of ether oxygens (including phenoxy) is 1. The number of benzene rings is 3. The molecule has 176 valence electrons. The van der Waals surface area contributed by atoms with Crippen molar-refractivity contribution in [1.82, 2.24) is 14.8 Å². The Morgan fingerprint density at radius 1 is 1.14 bits per heavy atom. The van der Waals surface area contributed by atoms with Gasteiger partial charge in [0.05, 0.1) is 5.57 Å². The molecule has 0 radical (unpaired) electrons. The van der Waals surface area contributed by atoms with E-state index in [4.69, 9.17) is 16.3 Å². The van der Waals surface area contributed by atoms with Crippen molar-refractivity contribution in [1.29, 1.82) is 0 Å². The summed E-state index contributed by atoms with van der Waals surface area (Å²) in [4.78, 5) is 17.9. The van der Waals surface area contributed by atoms with Crippen LogP contribution in [0.3, 0.4) is 0 Å². The Kier molecular flexibility index (Phi) is 6.57. The van der Waals surface area contributed by atoms with Crippen molar-refractivity contribution in [2.75, 3.05) is 10.6 Å². The van der Waals surface area contributed by atoms with Crippen LogP contribution in [-0.4, -0.2) is 20.7 Å². The second-order valence-corrected chi connectivity index (χ2v) is 9.30. The third-order valence-corrected chi connectivity index (χ3v) is 6.54. The highest BCUT2D eigenvalue weighted by atomic mass is 79.9. The maximum atomic E-state index is 13.6. The van der Waals surface area contributed by atoms with Gasteiger partial charge in [-0.1, -0.05) is 63.9 Å². The van der Waals surface area contributed by atoms with Crippen LogP contribution in [0.1, 0.15) is 24.1 Å². The van der Waals surface area contributed by atoms with Crippen LogP contribution in [0.5, 0.6) is 5.75 Å².